The van der Waals surface area contributed by atoms with Crippen molar-refractivity contribution in [3.63, 3.8) is 0 Å². The van der Waals surface area contributed by atoms with Crippen LogP contribution in [-0.2, 0) is 4.79 Å². The van der Waals surface area contributed by atoms with E-state index in [-0.39, 0.29) is 11.8 Å². The average Bonchev–Trinajstić information content (AvgIpc) is 2.34. The third-order valence-corrected chi connectivity index (χ3v) is 2.38. The Morgan fingerprint density at radius 2 is 1.83 bits per heavy atom. The molecular weight excluding hydrogens is 230 g/mol. The van der Waals surface area contributed by atoms with Crippen LogP contribution in [0.1, 0.15) is 30.1 Å². The van der Waals surface area contributed by atoms with Crippen molar-refractivity contribution in [1.29, 1.82) is 0 Å². The highest BCUT2D eigenvalue weighted by Gasteiger charge is 2.04. The lowest BCUT2D eigenvalue weighted by atomic mass is 10.2. The van der Waals surface area contributed by atoms with E-state index in [1.54, 1.807) is 24.3 Å². The lowest BCUT2D eigenvalue weighted by Gasteiger charge is -2.06. The Morgan fingerprint density at radius 3 is 2.39 bits per heavy atom. The molecule has 18 heavy (non-hydrogen) atoms. The molecule has 0 unspecified atom stereocenters. The average molecular weight is 249 g/mol. The minimum atomic E-state index is -0.131. The first-order valence-corrected chi connectivity index (χ1v) is 5.99. The summed E-state index contributed by atoms with van der Waals surface area (Å²) in [5.41, 5.74) is 6.63. The second-order valence-electron chi connectivity index (χ2n) is 4.01. The Kier molecular flexibility index (Phi) is 5.87. The smallest absolute Gasteiger partial charge is 0.251 e. The normalized spacial score (nSPS) is 9.89. The van der Waals surface area contributed by atoms with Gasteiger partial charge in [0.1, 0.15) is 0 Å². The molecule has 98 valence electrons. The van der Waals surface area contributed by atoms with Crippen LogP contribution in [0.4, 0.5) is 5.69 Å². The van der Waals surface area contributed by atoms with Gasteiger partial charge in [0.15, 0.2) is 0 Å². The van der Waals surface area contributed by atoms with Crippen molar-refractivity contribution in [2.24, 2.45) is 5.73 Å². The van der Waals surface area contributed by atoms with Crippen LogP contribution < -0.4 is 16.4 Å². The third kappa shape index (κ3) is 4.97. The SMILES string of the molecule is CC(=O)Nc1ccc(C(=O)NCCCCN)cc1. The van der Waals surface area contributed by atoms with Crippen molar-refractivity contribution in [2.75, 3.05) is 18.4 Å². The molecule has 1 rings (SSSR count). The quantitative estimate of drug-likeness (QED) is 0.660. The second-order valence-corrected chi connectivity index (χ2v) is 4.01. The zero-order valence-corrected chi connectivity index (χ0v) is 10.5. The van der Waals surface area contributed by atoms with Gasteiger partial charge in [0.2, 0.25) is 5.91 Å². The molecule has 4 N–H and O–H groups in total. The number of nitrogens with two attached hydrogens (primary N) is 1. The number of rotatable bonds is 6. The Bertz CT molecular complexity index is 401. The van der Waals surface area contributed by atoms with Crippen LogP contribution in [0, 0.1) is 0 Å². The summed E-state index contributed by atoms with van der Waals surface area (Å²) in [5, 5.41) is 5.46. The first-order valence-electron chi connectivity index (χ1n) is 5.99. The van der Waals surface area contributed by atoms with Crippen molar-refractivity contribution in [3.05, 3.63) is 29.8 Å². The van der Waals surface area contributed by atoms with Crippen LogP contribution in [0.3, 0.4) is 0 Å². The summed E-state index contributed by atoms with van der Waals surface area (Å²) in [7, 11) is 0. The van der Waals surface area contributed by atoms with E-state index in [2.05, 4.69) is 10.6 Å². The molecule has 1 aromatic rings. The summed E-state index contributed by atoms with van der Waals surface area (Å²) in [6, 6.07) is 6.78. The Morgan fingerprint density at radius 1 is 1.17 bits per heavy atom. The van der Waals surface area contributed by atoms with Gasteiger partial charge in [-0.1, -0.05) is 0 Å². The fourth-order valence-electron chi connectivity index (χ4n) is 1.48. The number of hydrogen-bond acceptors (Lipinski definition) is 3. The molecule has 0 spiro atoms. The highest BCUT2D eigenvalue weighted by atomic mass is 16.2. The van der Waals surface area contributed by atoms with Gasteiger partial charge in [0, 0.05) is 24.7 Å². The summed E-state index contributed by atoms with van der Waals surface area (Å²) in [5.74, 6) is -0.240. The third-order valence-electron chi connectivity index (χ3n) is 2.38. The molecule has 5 heteroatoms. The van der Waals surface area contributed by atoms with E-state index in [9.17, 15) is 9.59 Å². The predicted octanol–water partition coefficient (Wildman–Crippen LogP) is 1.11. The van der Waals surface area contributed by atoms with E-state index in [4.69, 9.17) is 5.73 Å². The van der Waals surface area contributed by atoms with E-state index in [1.807, 2.05) is 0 Å². The van der Waals surface area contributed by atoms with Gasteiger partial charge in [-0.25, -0.2) is 0 Å². The van der Waals surface area contributed by atoms with Crippen LogP contribution in [-0.4, -0.2) is 24.9 Å². The molecule has 0 atom stereocenters. The van der Waals surface area contributed by atoms with E-state index >= 15 is 0 Å². The van der Waals surface area contributed by atoms with Gasteiger partial charge < -0.3 is 16.4 Å². The van der Waals surface area contributed by atoms with Crippen molar-refractivity contribution in [2.45, 2.75) is 19.8 Å². The van der Waals surface area contributed by atoms with Gasteiger partial charge in [0.05, 0.1) is 0 Å². The molecule has 0 aromatic heterocycles. The maximum absolute atomic E-state index is 11.7. The molecule has 0 bridgehead atoms. The van der Waals surface area contributed by atoms with Gasteiger partial charge in [-0.15, -0.1) is 0 Å². The lowest BCUT2D eigenvalue weighted by molar-refractivity contribution is -0.114. The molecule has 5 nitrogen and oxygen atoms in total. The molecule has 0 fully saturated rings. The number of nitrogens with one attached hydrogen (secondary N) is 2. The minimum Gasteiger partial charge on any atom is -0.352 e. The molecule has 0 aliphatic carbocycles. The maximum Gasteiger partial charge on any atom is 0.251 e. The highest BCUT2D eigenvalue weighted by molar-refractivity contribution is 5.95. The highest BCUT2D eigenvalue weighted by Crippen LogP contribution is 2.09. The van der Waals surface area contributed by atoms with Gasteiger partial charge in [-0.3, -0.25) is 9.59 Å². The van der Waals surface area contributed by atoms with Crippen LogP contribution >= 0.6 is 0 Å². The van der Waals surface area contributed by atoms with Crippen molar-refractivity contribution < 1.29 is 9.59 Å². The van der Waals surface area contributed by atoms with Gasteiger partial charge in [0.25, 0.3) is 5.91 Å². The monoisotopic (exact) mass is 249 g/mol. The first kappa shape index (κ1) is 14.2. The van der Waals surface area contributed by atoms with E-state index < -0.39 is 0 Å². The molecular formula is C13H19N3O2. The van der Waals surface area contributed by atoms with Crippen molar-refractivity contribution >= 4 is 17.5 Å². The van der Waals surface area contributed by atoms with E-state index in [1.165, 1.54) is 6.92 Å². The number of unbranched alkanes of at least 4 members (excludes halogenated alkanes) is 1. The van der Waals surface area contributed by atoms with Gasteiger partial charge in [-0.05, 0) is 43.7 Å². The Hall–Kier alpha value is -1.88. The van der Waals surface area contributed by atoms with E-state index in [0.29, 0.717) is 24.3 Å². The zero-order chi connectivity index (χ0) is 13.4. The summed E-state index contributed by atoms with van der Waals surface area (Å²) in [4.78, 5) is 22.5. The number of anilines is 1. The fraction of sp³-hybridized carbons (Fsp3) is 0.385. The minimum absolute atomic E-state index is 0.110. The Labute approximate surface area is 107 Å². The molecule has 0 aliphatic rings. The van der Waals surface area contributed by atoms with Gasteiger partial charge >= 0.3 is 0 Å². The summed E-state index contributed by atoms with van der Waals surface area (Å²) in [6.45, 7) is 2.71. The molecule has 0 saturated carbocycles. The zero-order valence-electron chi connectivity index (χ0n) is 10.5. The molecule has 2 amide bonds. The van der Waals surface area contributed by atoms with Gasteiger partial charge in [-0.2, -0.15) is 0 Å². The second kappa shape index (κ2) is 7.45. The maximum atomic E-state index is 11.7. The Balaban J connectivity index is 2.46. The first-order chi connectivity index (χ1) is 8.63. The summed E-state index contributed by atoms with van der Waals surface area (Å²) >= 11 is 0. The van der Waals surface area contributed by atoms with Crippen LogP contribution in [0.25, 0.3) is 0 Å². The molecule has 0 heterocycles. The number of amides is 2. The fourth-order valence-corrected chi connectivity index (χ4v) is 1.48. The summed E-state index contributed by atoms with van der Waals surface area (Å²) < 4.78 is 0. The van der Waals surface area contributed by atoms with Crippen LogP contribution in [0.2, 0.25) is 0 Å². The predicted molar refractivity (Wildman–Crippen MR) is 71.4 cm³/mol. The number of hydrogen-bond donors (Lipinski definition) is 3. The molecule has 0 radical (unpaired) electrons. The number of benzene rings is 1. The van der Waals surface area contributed by atoms with Crippen molar-refractivity contribution in [3.8, 4) is 0 Å². The topological polar surface area (TPSA) is 84.2 Å². The van der Waals surface area contributed by atoms with Crippen LogP contribution in [0.5, 0.6) is 0 Å². The number of carbonyl (C=O) groups excluding carboxylic acids is 2. The largest absolute Gasteiger partial charge is 0.352 e. The van der Waals surface area contributed by atoms with Crippen LogP contribution in [0.15, 0.2) is 24.3 Å². The molecule has 0 saturated heterocycles. The standard InChI is InChI=1S/C13H19N3O2/c1-10(17)16-12-6-4-11(5-7-12)13(18)15-9-3-2-8-14/h4-7H,2-3,8-9,14H2,1H3,(H,15,18)(H,16,17). The summed E-state index contributed by atoms with van der Waals surface area (Å²) in [6.07, 6.45) is 1.79. The molecule has 0 aliphatic heterocycles. The lowest BCUT2D eigenvalue weighted by Crippen LogP contribution is -2.24. The van der Waals surface area contributed by atoms with Crippen molar-refractivity contribution in [1.82, 2.24) is 5.32 Å². The molecule has 1 aromatic carbocycles. The van der Waals surface area contributed by atoms with E-state index in [0.717, 1.165) is 12.8 Å². The number of carbonyl (C=O) groups is 2.